The molecule has 0 amide bonds. The smallest absolute Gasteiger partial charge is 0.336 e. The second-order valence-electron chi connectivity index (χ2n) is 26.9. The summed E-state index contributed by atoms with van der Waals surface area (Å²) in [4.78, 5) is 237. The first kappa shape index (κ1) is 92.9. The van der Waals surface area contributed by atoms with Gasteiger partial charge in [0.1, 0.15) is 17.4 Å². The molecule has 39 nitrogen and oxygen atoms in total. The monoisotopic (exact) mass is 1620 g/mol. The second kappa shape index (κ2) is 41.5. The first-order valence-corrected chi connectivity index (χ1v) is 34.4. The van der Waals surface area contributed by atoms with Crippen molar-refractivity contribution < 1.29 is 105 Å². The number of hydrogen-bond donors (Lipinski definition) is 7. The van der Waals surface area contributed by atoms with Gasteiger partial charge in [0.05, 0.1) is 58.0 Å². The van der Waals surface area contributed by atoms with Crippen molar-refractivity contribution in [3.63, 3.8) is 0 Å². The number of carbonyl (C=O) groups excluding carboxylic acids is 1. The maximum Gasteiger partial charge on any atom is 0.336 e. The molecule has 113 heavy (non-hydrogen) atoms. The highest BCUT2D eigenvalue weighted by atomic mass is 19.2. The molecule has 2 aromatic carbocycles. The number of carbonyl (C=O) groups is 8. The summed E-state index contributed by atoms with van der Waals surface area (Å²) in [6, 6.07) is 2.46. The number of Topliss-reactive ketones (excluding diaryl/α,β-unsaturated/α-hetero) is 1. The summed E-state index contributed by atoms with van der Waals surface area (Å²) < 4.78 is 102. The van der Waals surface area contributed by atoms with E-state index in [0.29, 0.717) is 61.4 Å². The van der Waals surface area contributed by atoms with E-state index in [0.717, 1.165) is 60.3 Å². The fraction of sp³-hybridized carbons (Fsp3) is 0.522. The van der Waals surface area contributed by atoms with Crippen LogP contribution in [0, 0.1) is 58.0 Å². The summed E-state index contributed by atoms with van der Waals surface area (Å²) in [6.45, 7) is 3.45. The Morgan fingerprint density at radius 1 is 0.372 bits per heavy atom. The minimum Gasteiger partial charge on any atom is -0.481 e. The highest BCUT2D eigenvalue weighted by molar-refractivity contribution is 5.75. The number of ketones is 1. The SMILES string of the molecule is CC(=O)CCn1c(=O)n(CCC(=O)O)c(=O)n(Cc2c(F)c(F)c(F)c(F)c2F)c1=O.CC(CCn1c(=O)n(CCC(=O)O)c(=O)n(CCC(=O)O)c1=O)CC(C)(C)C.O=C(O)CCn1c(=O)n(CCC(=O)O)c(=O)n(CCC2CCCC2)c1=O.O=C(O)CCn1c(=O)n(CCC(=O)O)c(=O)n(Cc2ccc(F)cc2F)c1=O. The van der Waals surface area contributed by atoms with Gasteiger partial charge in [0.15, 0.2) is 23.3 Å². The maximum atomic E-state index is 14.0. The van der Waals surface area contributed by atoms with E-state index >= 15 is 0 Å². The van der Waals surface area contributed by atoms with Crippen molar-refractivity contribution in [2.24, 2.45) is 17.3 Å². The van der Waals surface area contributed by atoms with Crippen LogP contribution in [0.4, 0.5) is 30.7 Å². The number of hydrogen-bond acceptors (Lipinski definition) is 20. The van der Waals surface area contributed by atoms with E-state index in [-0.39, 0.29) is 58.6 Å². The number of benzene rings is 2. The second-order valence-corrected chi connectivity index (χ2v) is 26.9. The summed E-state index contributed by atoms with van der Waals surface area (Å²) in [6.07, 6.45) is 2.10. The van der Waals surface area contributed by atoms with Crippen LogP contribution in [0.15, 0.2) is 75.7 Å². The molecule has 0 aliphatic heterocycles. The zero-order valence-electron chi connectivity index (χ0n) is 61.3. The van der Waals surface area contributed by atoms with Gasteiger partial charge in [0.25, 0.3) is 0 Å². The van der Waals surface area contributed by atoms with Crippen LogP contribution in [0.1, 0.15) is 142 Å². The van der Waals surface area contributed by atoms with E-state index < -0.39 is 259 Å². The van der Waals surface area contributed by atoms with Crippen molar-refractivity contribution in [1.82, 2.24) is 54.8 Å². The first-order chi connectivity index (χ1) is 52.6. The van der Waals surface area contributed by atoms with E-state index in [9.17, 15) is 127 Å². The predicted molar refractivity (Wildman–Crippen MR) is 373 cm³/mol. The van der Waals surface area contributed by atoms with Gasteiger partial charge in [0.2, 0.25) is 5.82 Å². The molecule has 1 aliphatic carbocycles. The van der Waals surface area contributed by atoms with Gasteiger partial charge in [-0.25, -0.2) is 143 Å². The number of carboxylic acids is 7. The number of carboxylic acid groups (broad SMARTS) is 7. The number of halogens is 7. The molecule has 1 aliphatic rings. The molecular weight excluding hydrogens is 1540 g/mol. The molecule has 1 unspecified atom stereocenters. The Bertz CT molecular complexity index is 5140. The van der Waals surface area contributed by atoms with Crippen molar-refractivity contribution in [2.45, 2.75) is 209 Å². The Morgan fingerprint density at radius 2 is 0.628 bits per heavy atom. The molecule has 0 saturated heterocycles. The Hall–Kier alpha value is -12.5. The molecule has 0 bridgehead atoms. The molecule has 1 atom stereocenters. The van der Waals surface area contributed by atoms with Gasteiger partial charge in [-0.15, -0.1) is 0 Å². The van der Waals surface area contributed by atoms with Gasteiger partial charge in [-0.05, 0) is 49.5 Å². The van der Waals surface area contributed by atoms with Crippen molar-refractivity contribution in [1.29, 1.82) is 0 Å². The molecular formula is C67H81F7N12O27. The van der Waals surface area contributed by atoms with E-state index in [1.54, 1.807) is 0 Å². The summed E-state index contributed by atoms with van der Waals surface area (Å²) in [5.74, 6) is -22.2. The normalized spacial score (nSPS) is 12.2. The third-order valence-electron chi connectivity index (χ3n) is 17.1. The highest BCUT2D eigenvalue weighted by Crippen LogP contribution is 2.28. The average Bonchev–Trinajstić information content (AvgIpc) is 1.24. The van der Waals surface area contributed by atoms with Crippen LogP contribution >= 0.6 is 0 Å². The first-order valence-electron chi connectivity index (χ1n) is 34.4. The molecule has 1 saturated carbocycles. The molecule has 1 fully saturated rings. The standard InChI is InChI=1S/C18H29N3O7.C17H14F5N3O6.C16H15F2N3O7.C16H23N3O7/c1-12(11-18(2,3)4)5-8-19-15(26)20(9-6-13(22)23)17(28)21(16(19)27)10-7-14(24)25;1-7(26)2-4-23-15(29)24(5-3-9(27)28)17(31)25(16(23)30)6-8-10(18)12(20)14(22)13(21)11(8)19;17-10-2-1-9(11(18)7-10)8-21-15(27)19(5-3-12(22)23)14(26)20(16(21)28)6-4-13(24)25;20-12(21)6-9-18-14(24)17(8-5-11-3-1-2-4-11)15(25)19(16(18)26)10-7-13(22)23/h12H,5-11H2,1-4H3,(H,22,23)(H,24,25);2-6H2,1H3,(H,27,28);1-2,7H,3-6,8H2,(H,22,23)(H,24,25);11H,1-10H2,(H,20,21)(H,22,23). The summed E-state index contributed by atoms with van der Waals surface area (Å²) in [5, 5.41) is 61.6. The minimum atomic E-state index is -2.45. The quantitative estimate of drug-likeness (QED) is 0.0158. The van der Waals surface area contributed by atoms with Crippen LogP contribution in [0.2, 0.25) is 0 Å². The highest BCUT2D eigenvalue weighted by Gasteiger charge is 2.29. The largest absolute Gasteiger partial charge is 0.481 e. The lowest BCUT2D eigenvalue weighted by Gasteiger charge is -2.23. The molecule has 4 heterocycles. The van der Waals surface area contributed by atoms with Crippen LogP contribution < -0.4 is 68.3 Å². The third kappa shape index (κ3) is 26.1. The minimum absolute atomic E-state index is 0.0155. The summed E-state index contributed by atoms with van der Waals surface area (Å²) in [5.41, 5.74) is -14.9. The Morgan fingerprint density at radius 3 is 0.903 bits per heavy atom. The number of nitrogens with zero attached hydrogens (tertiary/aromatic N) is 12. The van der Waals surface area contributed by atoms with Gasteiger partial charge in [-0.2, -0.15) is 0 Å². The molecule has 6 aromatic rings. The average molecular weight is 1620 g/mol. The zero-order valence-corrected chi connectivity index (χ0v) is 61.3. The van der Waals surface area contributed by atoms with Crippen LogP contribution in [-0.2, 0) is 117 Å². The van der Waals surface area contributed by atoms with E-state index in [1.807, 2.05) is 6.92 Å². The van der Waals surface area contributed by atoms with Crippen LogP contribution in [0.3, 0.4) is 0 Å². The maximum absolute atomic E-state index is 14.0. The molecule has 620 valence electrons. The molecule has 4 aromatic heterocycles. The van der Waals surface area contributed by atoms with Gasteiger partial charge in [0, 0.05) is 89.1 Å². The van der Waals surface area contributed by atoms with Gasteiger partial charge < -0.3 is 35.7 Å². The van der Waals surface area contributed by atoms with Crippen molar-refractivity contribution in [3.8, 4) is 0 Å². The number of aromatic nitrogens is 12. The van der Waals surface area contributed by atoms with Crippen molar-refractivity contribution >= 4 is 47.6 Å². The number of aliphatic carboxylic acids is 7. The zero-order chi connectivity index (χ0) is 85.5. The predicted octanol–water partition coefficient (Wildman–Crippen LogP) is 0.102. The lowest BCUT2D eigenvalue weighted by atomic mass is 9.84. The Balaban J connectivity index is 0.000000318. The topological polar surface area (TPSA) is 542 Å². The fourth-order valence-electron chi connectivity index (χ4n) is 11.5. The van der Waals surface area contributed by atoms with Crippen LogP contribution in [0.5, 0.6) is 0 Å². The fourth-order valence-corrected chi connectivity index (χ4v) is 11.5. The molecule has 46 heteroatoms. The van der Waals surface area contributed by atoms with E-state index in [1.165, 1.54) is 0 Å². The van der Waals surface area contributed by atoms with Crippen molar-refractivity contribution in [2.75, 3.05) is 0 Å². The third-order valence-corrected chi connectivity index (χ3v) is 17.1. The Labute approximate surface area is 628 Å². The Kier molecular flexibility index (Phi) is 34.2. The summed E-state index contributed by atoms with van der Waals surface area (Å²) in [7, 11) is 0. The molecule has 0 spiro atoms. The summed E-state index contributed by atoms with van der Waals surface area (Å²) >= 11 is 0. The lowest BCUT2D eigenvalue weighted by Crippen LogP contribution is -2.55. The van der Waals surface area contributed by atoms with Gasteiger partial charge in [-0.3, -0.25) is 38.4 Å². The number of rotatable bonds is 35. The van der Waals surface area contributed by atoms with E-state index in [2.05, 4.69) is 20.8 Å². The molecule has 0 radical (unpaired) electrons. The van der Waals surface area contributed by atoms with Gasteiger partial charge >= 0.3 is 110 Å². The lowest BCUT2D eigenvalue weighted by molar-refractivity contribution is -0.138. The molecule has 7 rings (SSSR count). The van der Waals surface area contributed by atoms with Crippen LogP contribution in [-0.4, -0.2) is 138 Å². The van der Waals surface area contributed by atoms with Gasteiger partial charge in [-0.1, -0.05) is 59.4 Å². The molecule has 7 N–H and O–H groups in total. The van der Waals surface area contributed by atoms with Crippen LogP contribution in [0.25, 0.3) is 0 Å². The van der Waals surface area contributed by atoms with Crippen molar-refractivity contribution in [3.05, 3.63) is 196 Å². The van der Waals surface area contributed by atoms with E-state index in [4.69, 9.17) is 35.7 Å².